The monoisotopic (exact) mass is 317 g/mol. The number of nitrogens with two attached hydrogens (primary N) is 2. The lowest BCUT2D eigenvalue weighted by atomic mass is 9.99. The summed E-state index contributed by atoms with van der Waals surface area (Å²) in [4.78, 5) is 8.00. The van der Waals surface area contributed by atoms with Crippen LogP contribution in [0.3, 0.4) is 0 Å². The number of aliphatic hydroxyl groups is 1. The number of benzene rings is 2. The van der Waals surface area contributed by atoms with Crippen LogP contribution in [-0.2, 0) is 6.61 Å². The largest absolute Gasteiger partial charge is 0.392 e. The van der Waals surface area contributed by atoms with E-state index in [9.17, 15) is 5.26 Å². The molecule has 24 heavy (non-hydrogen) atoms. The number of hydrogen-bond acceptors (Lipinski definition) is 6. The third kappa shape index (κ3) is 2.89. The molecule has 0 unspecified atom stereocenters. The van der Waals surface area contributed by atoms with E-state index in [1.54, 1.807) is 0 Å². The number of aliphatic hydroxyl groups excluding tert-OH is 1. The summed E-state index contributed by atoms with van der Waals surface area (Å²) in [5, 5.41) is 18.5. The SMILES string of the molecule is N#Cc1c(N)nc(N)nc1-c1cccc(-c2ccc(CO)cc2)c1. The summed E-state index contributed by atoms with van der Waals surface area (Å²) in [6.07, 6.45) is 0. The highest BCUT2D eigenvalue weighted by Crippen LogP contribution is 2.29. The third-order valence-corrected chi connectivity index (χ3v) is 3.67. The normalized spacial score (nSPS) is 10.3. The highest BCUT2D eigenvalue weighted by Gasteiger charge is 2.13. The van der Waals surface area contributed by atoms with E-state index in [2.05, 4.69) is 9.97 Å². The van der Waals surface area contributed by atoms with E-state index in [0.717, 1.165) is 22.3 Å². The molecule has 0 aliphatic rings. The Bertz CT molecular complexity index is 929. The average Bonchev–Trinajstić information content (AvgIpc) is 2.61. The molecule has 0 fully saturated rings. The maximum Gasteiger partial charge on any atom is 0.222 e. The van der Waals surface area contributed by atoms with Gasteiger partial charge >= 0.3 is 0 Å². The minimum atomic E-state index is 0.00530. The molecule has 0 radical (unpaired) electrons. The van der Waals surface area contributed by atoms with Crippen molar-refractivity contribution in [2.45, 2.75) is 6.61 Å². The Labute approximate surface area is 139 Å². The van der Waals surface area contributed by atoms with Gasteiger partial charge in [-0.1, -0.05) is 42.5 Å². The van der Waals surface area contributed by atoms with E-state index in [0.29, 0.717) is 5.69 Å². The quantitative estimate of drug-likeness (QED) is 0.681. The van der Waals surface area contributed by atoms with Crippen LogP contribution in [0.4, 0.5) is 11.8 Å². The molecule has 0 amide bonds. The number of hydrogen-bond donors (Lipinski definition) is 3. The van der Waals surface area contributed by atoms with Crippen molar-refractivity contribution in [3.8, 4) is 28.5 Å². The summed E-state index contributed by atoms with van der Waals surface area (Å²) >= 11 is 0. The summed E-state index contributed by atoms with van der Waals surface area (Å²) in [5.41, 5.74) is 15.6. The van der Waals surface area contributed by atoms with Gasteiger partial charge in [0.1, 0.15) is 17.5 Å². The second-order valence-electron chi connectivity index (χ2n) is 5.24. The van der Waals surface area contributed by atoms with E-state index in [4.69, 9.17) is 16.6 Å². The molecule has 6 nitrogen and oxygen atoms in total. The smallest absolute Gasteiger partial charge is 0.222 e. The van der Waals surface area contributed by atoms with Crippen molar-refractivity contribution in [2.75, 3.05) is 11.5 Å². The zero-order chi connectivity index (χ0) is 17.1. The number of nitrogen functional groups attached to an aromatic ring is 2. The molecule has 0 atom stereocenters. The minimum Gasteiger partial charge on any atom is -0.392 e. The first-order valence-electron chi connectivity index (χ1n) is 7.26. The van der Waals surface area contributed by atoms with E-state index in [1.807, 2.05) is 54.6 Å². The van der Waals surface area contributed by atoms with Crippen LogP contribution in [0.5, 0.6) is 0 Å². The molecular weight excluding hydrogens is 302 g/mol. The second-order valence-corrected chi connectivity index (χ2v) is 5.24. The summed E-state index contributed by atoms with van der Waals surface area (Å²) in [7, 11) is 0. The standard InChI is InChI=1S/C18H15N5O/c19-9-15-16(22-18(21)23-17(15)20)14-3-1-2-13(8-14)12-6-4-11(10-24)5-7-12/h1-8,24H,10H2,(H4,20,21,22,23). The van der Waals surface area contributed by atoms with Crippen LogP contribution in [0.15, 0.2) is 48.5 Å². The van der Waals surface area contributed by atoms with E-state index in [1.165, 1.54) is 0 Å². The molecule has 0 spiro atoms. The van der Waals surface area contributed by atoms with Gasteiger partial charge in [0, 0.05) is 5.56 Å². The Morgan fingerprint density at radius 3 is 2.33 bits per heavy atom. The van der Waals surface area contributed by atoms with Gasteiger partial charge < -0.3 is 16.6 Å². The molecule has 118 valence electrons. The molecule has 0 bridgehead atoms. The van der Waals surface area contributed by atoms with Crippen LogP contribution in [0, 0.1) is 11.3 Å². The first kappa shape index (κ1) is 15.5. The van der Waals surface area contributed by atoms with Crippen LogP contribution in [0.2, 0.25) is 0 Å². The first-order valence-corrected chi connectivity index (χ1v) is 7.26. The summed E-state index contributed by atoms with van der Waals surface area (Å²) in [5.74, 6) is 0.0944. The maximum atomic E-state index is 9.32. The Morgan fingerprint density at radius 1 is 0.958 bits per heavy atom. The number of nitriles is 1. The first-order chi connectivity index (χ1) is 11.6. The van der Waals surface area contributed by atoms with Gasteiger partial charge in [-0.25, -0.2) is 4.98 Å². The summed E-state index contributed by atoms with van der Waals surface area (Å²) in [6.45, 7) is 0.00530. The highest BCUT2D eigenvalue weighted by atomic mass is 16.3. The van der Waals surface area contributed by atoms with Crippen molar-refractivity contribution >= 4 is 11.8 Å². The molecule has 6 heteroatoms. The van der Waals surface area contributed by atoms with Gasteiger partial charge in [-0.05, 0) is 22.8 Å². The van der Waals surface area contributed by atoms with Gasteiger partial charge in [0.25, 0.3) is 0 Å². The topological polar surface area (TPSA) is 122 Å². The zero-order valence-electron chi connectivity index (χ0n) is 12.8. The molecule has 0 aliphatic heterocycles. The molecule has 0 saturated heterocycles. The molecule has 1 heterocycles. The Kier molecular flexibility index (Phi) is 4.10. The van der Waals surface area contributed by atoms with Crippen molar-refractivity contribution < 1.29 is 5.11 Å². The van der Waals surface area contributed by atoms with Crippen LogP contribution < -0.4 is 11.5 Å². The number of rotatable bonds is 3. The fraction of sp³-hybridized carbons (Fsp3) is 0.0556. The molecular formula is C18H15N5O. The molecule has 5 N–H and O–H groups in total. The fourth-order valence-corrected chi connectivity index (χ4v) is 2.46. The Balaban J connectivity index is 2.10. The summed E-state index contributed by atoms with van der Waals surface area (Å²) in [6, 6.07) is 17.2. The van der Waals surface area contributed by atoms with E-state index in [-0.39, 0.29) is 23.9 Å². The zero-order valence-corrected chi connectivity index (χ0v) is 12.8. The Morgan fingerprint density at radius 2 is 1.67 bits per heavy atom. The number of anilines is 2. The van der Waals surface area contributed by atoms with Gasteiger partial charge in [0.2, 0.25) is 5.95 Å². The van der Waals surface area contributed by atoms with Crippen LogP contribution in [0.25, 0.3) is 22.4 Å². The molecule has 0 aliphatic carbocycles. The fourth-order valence-electron chi connectivity index (χ4n) is 2.46. The van der Waals surface area contributed by atoms with Crippen molar-refractivity contribution in [1.82, 2.24) is 9.97 Å². The second kappa shape index (κ2) is 6.36. The predicted octanol–water partition coefficient (Wildman–Crippen LogP) is 2.34. The predicted molar refractivity (Wildman–Crippen MR) is 92.4 cm³/mol. The third-order valence-electron chi connectivity index (χ3n) is 3.67. The maximum absolute atomic E-state index is 9.32. The lowest BCUT2D eigenvalue weighted by molar-refractivity contribution is 0.282. The highest BCUT2D eigenvalue weighted by molar-refractivity contribution is 5.77. The molecule has 1 aromatic heterocycles. The van der Waals surface area contributed by atoms with Crippen molar-refractivity contribution in [2.24, 2.45) is 0 Å². The molecule has 3 aromatic rings. The van der Waals surface area contributed by atoms with Gasteiger partial charge in [-0.3, -0.25) is 0 Å². The molecule has 3 rings (SSSR count). The minimum absolute atomic E-state index is 0.00530. The Hall–Kier alpha value is -3.43. The average molecular weight is 317 g/mol. The molecule has 2 aromatic carbocycles. The lowest BCUT2D eigenvalue weighted by Gasteiger charge is -2.09. The van der Waals surface area contributed by atoms with Gasteiger partial charge in [-0.15, -0.1) is 0 Å². The van der Waals surface area contributed by atoms with Gasteiger partial charge in [0.15, 0.2) is 0 Å². The van der Waals surface area contributed by atoms with Crippen molar-refractivity contribution in [3.63, 3.8) is 0 Å². The van der Waals surface area contributed by atoms with E-state index >= 15 is 0 Å². The summed E-state index contributed by atoms with van der Waals surface area (Å²) < 4.78 is 0. The van der Waals surface area contributed by atoms with E-state index < -0.39 is 0 Å². The molecule has 0 saturated carbocycles. The van der Waals surface area contributed by atoms with Crippen LogP contribution >= 0.6 is 0 Å². The van der Waals surface area contributed by atoms with Crippen molar-refractivity contribution in [3.05, 3.63) is 59.7 Å². The number of nitrogens with zero attached hydrogens (tertiary/aromatic N) is 3. The van der Waals surface area contributed by atoms with Crippen LogP contribution in [0.1, 0.15) is 11.1 Å². The number of aromatic nitrogens is 2. The lowest BCUT2D eigenvalue weighted by Crippen LogP contribution is -2.04. The van der Waals surface area contributed by atoms with Gasteiger partial charge in [0.05, 0.1) is 12.3 Å². The van der Waals surface area contributed by atoms with Crippen LogP contribution in [-0.4, -0.2) is 15.1 Å². The van der Waals surface area contributed by atoms with Gasteiger partial charge in [-0.2, -0.15) is 10.2 Å². The van der Waals surface area contributed by atoms with Crippen molar-refractivity contribution in [1.29, 1.82) is 5.26 Å².